The van der Waals surface area contributed by atoms with Crippen LogP contribution in [0.2, 0.25) is 0 Å². The summed E-state index contributed by atoms with van der Waals surface area (Å²) in [5.41, 5.74) is 1.88. The third-order valence-corrected chi connectivity index (χ3v) is 4.23. The summed E-state index contributed by atoms with van der Waals surface area (Å²) in [5.74, 6) is 1.01. The predicted molar refractivity (Wildman–Crippen MR) is 87.7 cm³/mol. The first-order valence-corrected chi connectivity index (χ1v) is 8.00. The van der Waals surface area contributed by atoms with Crippen LogP contribution in [0.15, 0.2) is 59.3 Å². The highest BCUT2D eigenvalue weighted by Crippen LogP contribution is 2.33. The zero-order valence-electron chi connectivity index (χ0n) is 13.1. The van der Waals surface area contributed by atoms with Crippen molar-refractivity contribution in [1.29, 1.82) is 0 Å². The van der Waals surface area contributed by atoms with Gasteiger partial charge in [0, 0.05) is 19.3 Å². The lowest BCUT2D eigenvalue weighted by Gasteiger charge is -2.21. The number of nitrogens with zero attached hydrogens (tertiary/aromatic N) is 4. The summed E-state index contributed by atoms with van der Waals surface area (Å²) in [5, 5.41) is 14.1. The van der Waals surface area contributed by atoms with Crippen molar-refractivity contribution in [1.82, 2.24) is 20.0 Å². The molecule has 3 heterocycles. The molecule has 4 rings (SSSR count). The van der Waals surface area contributed by atoms with Crippen molar-refractivity contribution in [2.75, 3.05) is 6.54 Å². The second kappa shape index (κ2) is 6.51. The Labute approximate surface area is 139 Å². The van der Waals surface area contributed by atoms with E-state index in [1.54, 1.807) is 6.20 Å². The smallest absolute Gasteiger partial charge is 0.244 e. The standard InChI is InChI=1S/C18H18N4O2/c23-14-10-16(22(12-14)11-13-6-2-1-3-7-13)18-20-17(21-24-18)15-8-4-5-9-19-15/h1-9,14,16,23H,10-12H2. The molecular weight excluding hydrogens is 304 g/mol. The fourth-order valence-corrected chi connectivity index (χ4v) is 3.10. The van der Waals surface area contributed by atoms with Crippen molar-refractivity contribution in [2.45, 2.75) is 25.1 Å². The minimum absolute atomic E-state index is 0.0785. The van der Waals surface area contributed by atoms with Gasteiger partial charge in [-0.15, -0.1) is 0 Å². The lowest BCUT2D eigenvalue weighted by Crippen LogP contribution is -2.24. The van der Waals surface area contributed by atoms with E-state index in [1.807, 2.05) is 36.4 Å². The highest BCUT2D eigenvalue weighted by molar-refractivity contribution is 5.47. The van der Waals surface area contributed by atoms with Crippen LogP contribution in [-0.2, 0) is 6.54 Å². The van der Waals surface area contributed by atoms with Gasteiger partial charge in [-0.25, -0.2) is 0 Å². The largest absolute Gasteiger partial charge is 0.392 e. The summed E-state index contributed by atoms with van der Waals surface area (Å²) in [6, 6.07) is 15.7. The van der Waals surface area contributed by atoms with Crippen molar-refractivity contribution >= 4 is 0 Å². The number of hydrogen-bond donors (Lipinski definition) is 1. The van der Waals surface area contributed by atoms with Gasteiger partial charge in [-0.05, 0) is 24.1 Å². The molecule has 3 aromatic rings. The number of pyridine rings is 1. The fraction of sp³-hybridized carbons (Fsp3) is 0.278. The van der Waals surface area contributed by atoms with Crippen LogP contribution in [0.1, 0.15) is 23.9 Å². The summed E-state index contributed by atoms with van der Waals surface area (Å²) in [6.07, 6.45) is 1.91. The van der Waals surface area contributed by atoms with Crippen LogP contribution in [0.4, 0.5) is 0 Å². The monoisotopic (exact) mass is 322 g/mol. The van der Waals surface area contributed by atoms with Crippen LogP contribution in [0, 0.1) is 0 Å². The Balaban J connectivity index is 1.57. The third-order valence-electron chi connectivity index (χ3n) is 4.23. The molecule has 24 heavy (non-hydrogen) atoms. The first-order chi connectivity index (χ1) is 11.8. The van der Waals surface area contributed by atoms with Gasteiger partial charge in [0.15, 0.2) is 0 Å². The molecule has 1 aromatic carbocycles. The predicted octanol–water partition coefficient (Wildman–Crippen LogP) is 2.44. The van der Waals surface area contributed by atoms with E-state index in [2.05, 4.69) is 32.2 Å². The van der Waals surface area contributed by atoms with Crippen LogP contribution >= 0.6 is 0 Å². The SMILES string of the molecule is OC1CC(c2nc(-c3ccccn3)no2)N(Cc2ccccc2)C1. The van der Waals surface area contributed by atoms with Gasteiger partial charge in [0.25, 0.3) is 0 Å². The minimum Gasteiger partial charge on any atom is -0.392 e. The van der Waals surface area contributed by atoms with Crippen molar-refractivity contribution in [3.05, 3.63) is 66.2 Å². The molecule has 2 aromatic heterocycles. The lowest BCUT2D eigenvalue weighted by atomic mass is 10.1. The maximum absolute atomic E-state index is 10.1. The molecule has 122 valence electrons. The average Bonchev–Trinajstić information content (AvgIpc) is 3.23. The molecule has 6 heteroatoms. The van der Waals surface area contributed by atoms with Crippen LogP contribution in [0.5, 0.6) is 0 Å². The number of hydrogen-bond acceptors (Lipinski definition) is 6. The molecule has 0 spiro atoms. The number of benzene rings is 1. The highest BCUT2D eigenvalue weighted by Gasteiger charge is 2.35. The van der Waals surface area contributed by atoms with E-state index in [0.717, 1.165) is 6.54 Å². The first kappa shape index (κ1) is 15.0. The molecule has 1 aliphatic rings. The van der Waals surface area contributed by atoms with Crippen LogP contribution < -0.4 is 0 Å². The van der Waals surface area contributed by atoms with E-state index in [1.165, 1.54) is 5.56 Å². The van der Waals surface area contributed by atoms with Gasteiger partial charge in [0.1, 0.15) is 5.69 Å². The molecule has 1 saturated heterocycles. The van der Waals surface area contributed by atoms with Crippen LogP contribution in [0.25, 0.3) is 11.5 Å². The second-order valence-corrected chi connectivity index (χ2v) is 5.99. The van der Waals surface area contributed by atoms with Gasteiger partial charge >= 0.3 is 0 Å². The van der Waals surface area contributed by atoms with E-state index in [4.69, 9.17) is 4.52 Å². The van der Waals surface area contributed by atoms with Crippen molar-refractivity contribution in [3.63, 3.8) is 0 Å². The maximum Gasteiger partial charge on any atom is 0.244 e. The second-order valence-electron chi connectivity index (χ2n) is 5.99. The van der Waals surface area contributed by atoms with Gasteiger partial charge < -0.3 is 9.63 Å². The summed E-state index contributed by atoms with van der Waals surface area (Å²) in [7, 11) is 0. The quantitative estimate of drug-likeness (QED) is 0.795. The van der Waals surface area contributed by atoms with Gasteiger partial charge in [-0.2, -0.15) is 4.98 Å². The lowest BCUT2D eigenvalue weighted by molar-refractivity contribution is 0.169. The van der Waals surface area contributed by atoms with Crippen LogP contribution in [-0.4, -0.2) is 37.8 Å². The molecule has 2 atom stereocenters. The normalized spacial score (nSPS) is 21.2. The Morgan fingerprint density at radius 1 is 1.12 bits per heavy atom. The number of β-amino-alcohol motifs (C(OH)–C–C–N with tert-alkyl or cyclic N) is 1. The van der Waals surface area contributed by atoms with E-state index in [9.17, 15) is 5.11 Å². The number of rotatable bonds is 4. The van der Waals surface area contributed by atoms with Crippen molar-refractivity contribution in [2.24, 2.45) is 0 Å². The van der Waals surface area contributed by atoms with Crippen molar-refractivity contribution in [3.8, 4) is 11.5 Å². The summed E-state index contributed by atoms with van der Waals surface area (Å²) in [6.45, 7) is 1.34. The molecule has 0 aliphatic carbocycles. The maximum atomic E-state index is 10.1. The molecule has 0 radical (unpaired) electrons. The van der Waals surface area contributed by atoms with Gasteiger partial charge in [-0.1, -0.05) is 41.6 Å². The molecule has 1 N–H and O–H groups in total. The van der Waals surface area contributed by atoms with Gasteiger partial charge in [-0.3, -0.25) is 9.88 Å². The van der Waals surface area contributed by atoms with E-state index >= 15 is 0 Å². The van der Waals surface area contributed by atoms with E-state index in [0.29, 0.717) is 30.4 Å². The Bertz CT molecular complexity index is 791. The molecule has 0 bridgehead atoms. The number of aliphatic hydroxyl groups is 1. The molecule has 0 amide bonds. The van der Waals surface area contributed by atoms with Crippen molar-refractivity contribution < 1.29 is 9.63 Å². The number of likely N-dealkylation sites (tertiary alicyclic amines) is 1. The molecule has 0 saturated carbocycles. The molecule has 1 fully saturated rings. The van der Waals surface area contributed by atoms with E-state index < -0.39 is 0 Å². The summed E-state index contributed by atoms with van der Waals surface area (Å²) in [4.78, 5) is 10.9. The molecule has 6 nitrogen and oxygen atoms in total. The Kier molecular flexibility index (Phi) is 4.06. The molecular formula is C18H18N4O2. The van der Waals surface area contributed by atoms with Gasteiger partial charge in [0.05, 0.1) is 12.1 Å². The third kappa shape index (κ3) is 3.06. The fourth-order valence-electron chi connectivity index (χ4n) is 3.10. The number of aromatic nitrogens is 3. The molecule has 2 unspecified atom stereocenters. The first-order valence-electron chi connectivity index (χ1n) is 8.00. The van der Waals surface area contributed by atoms with Crippen LogP contribution in [0.3, 0.4) is 0 Å². The topological polar surface area (TPSA) is 75.3 Å². The Morgan fingerprint density at radius 2 is 1.96 bits per heavy atom. The summed E-state index contributed by atoms with van der Waals surface area (Å²) >= 11 is 0. The molecule has 1 aliphatic heterocycles. The highest BCUT2D eigenvalue weighted by atomic mass is 16.5. The Morgan fingerprint density at radius 3 is 2.75 bits per heavy atom. The van der Waals surface area contributed by atoms with Gasteiger partial charge in [0.2, 0.25) is 11.7 Å². The number of aliphatic hydroxyl groups excluding tert-OH is 1. The zero-order chi connectivity index (χ0) is 16.4. The zero-order valence-corrected chi connectivity index (χ0v) is 13.1. The minimum atomic E-state index is -0.385. The Hall–Kier alpha value is -2.57. The summed E-state index contributed by atoms with van der Waals surface area (Å²) < 4.78 is 5.47. The van der Waals surface area contributed by atoms with E-state index in [-0.39, 0.29) is 12.1 Å². The average molecular weight is 322 g/mol.